The molecule has 2 N–H and O–H groups in total. The molecule has 4 aromatic carbocycles. The zero-order valence-electron chi connectivity index (χ0n) is 20.9. The summed E-state index contributed by atoms with van der Waals surface area (Å²) in [5.74, 6) is 2.05. The Morgan fingerprint density at radius 2 is 1.03 bits per heavy atom. The molecule has 0 heterocycles. The quantitative estimate of drug-likeness (QED) is 0.209. The molecule has 4 heteroatoms. The van der Waals surface area contributed by atoms with Crippen LogP contribution in [0.15, 0.2) is 110 Å². The SMILES string of the molecule is C=CCOc1ccccc1Cc1cccc(Cc2cccc(Cc3ccccc3O)c2OCC=C)c1O. The van der Waals surface area contributed by atoms with E-state index >= 15 is 0 Å². The van der Waals surface area contributed by atoms with Gasteiger partial charge in [0.25, 0.3) is 0 Å². The van der Waals surface area contributed by atoms with Crippen LogP contribution in [0.1, 0.15) is 33.4 Å². The van der Waals surface area contributed by atoms with Crippen molar-refractivity contribution in [2.24, 2.45) is 0 Å². The fraction of sp³-hybridized carbons (Fsp3) is 0.152. The van der Waals surface area contributed by atoms with Gasteiger partial charge in [0.15, 0.2) is 0 Å². The highest BCUT2D eigenvalue weighted by atomic mass is 16.5. The molecule has 0 aliphatic rings. The number of rotatable bonds is 12. The molecule has 0 amide bonds. The van der Waals surface area contributed by atoms with Crippen LogP contribution in [0.3, 0.4) is 0 Å². The van der Waals surface area contributed by atoms with Crippen molar-refractivity contribution in [2.75, 3.05) is 13.2 Å². The Balaban J connectivity index is 1.64. The number of phenols is 2. The predicted octanol–water partition coefficient (Wildman–Crippen LogP) is 7.00. The van der Waals surface area contributed by atoms with E-state index in [4.69, 9.17) is 9.47 Å². The van der Waals surface area contributed by atoms with Crippen molar-refractivity contribution in [1.29, 1.82) is 0 Å². The maximum absolute atomic E-state index is 11.2. The van der Waals surface area contributed by atoms with Crippen molar-refractivity contribution in [1.82, 2.24) is 0 Å². The highest BCUT2D eigenvalue weighted by molar-refractivity contribution is 5.52. The maximum atomic E-state index is 11.2. The molecular formula is C33H32O4. The van der Waals surface area contributed by atoms with Crippen LogP contribution in [0, 0.1) is 0 Å². The third kappa shape index (κ3) is 6.42. The van der Waals surface area contributed by atoms with Crippen molar-refractivity contribution >= 4 is 0 Å². The summed E-state index contributed by atoms with van der Waals surface area (Å²) < 4.78 is 11.9. The summed E-state index contributed by atoms with van der Waals surface area (Å²) >= 11 is 0. The summed E-state index contributed by atoms with van der Waals surface area (Å²) in [5, 5.41) is 21.5. The lowest BCUT2D eigenvalue weighted by atomic mass is 9.94. The molecule has 0 aliphatic carbocycles. The second-order valence-corrected chi connectivity index (χ2v) is 8.80. The summed E-state index contributed by atoms with van der Waals surface area (Å²) in [4.78, 5) is 0. The minimum Gasteiger partial charge on any atom is -0.508 e. The fourth-order valence-corrected chi connectivity index (χ4v) is 4.39. The molecule has 0 saturated heterocycles. The van der Waals surface area contributed by atoms with Gasteiger partial charge in [-0.1, -0.05) is 98.1 Å². The first kappa shape index (κ1) is 25.6. The average molecular weight is 493 g/mol. The van der Waals surface area contributed by atoms with Gasteiger partial charge in [0, 0.05) is 19.3 Å². The Kier molecular flexibility index (Phi) is 8.66. The highest BCUT2D eigenvalue weighted by Gasteiger charge is 2.16. The fourth-order valence-electron chi connectivity index (χ4n) is 4.39. The minimum atomic E-state index is 0.255. The summed E-state index contributed by atoms with van der Waals surface area (Å²) in [6, 6.07) is 27.0. The van der Waals surface area contributed by atoms with E-state index in [1.807, 2.05) is 78.9 Å². The third-order valence-corrected chi connectivity index (χ3v) is 6.19. The second-order valence-electron chi connectivity index (χ2n) is 8.80. The number of para-hydroxylation sites is 4. The molecular weight excluding hydrogens is 460 g/mol. The molecule has 0 aromatic heterocycles. The normalized spacial score (nSPS) is 10.6. The van der Waals surface area contributed by atoms with Gasteiger partial charge in [0.05, 0.1) is 0 Å². The number of hydrogen-bond acceptors (Lipinski definition) is 4. The summed E-state index contributed by atoms with van der Waals surface area (Å²) in [5.41, 5.74) is 5.37. The van der Waals surface area contributed by atoms with Gasteiger partial charge in [0.2, 0.25) is 0 Å². The van der Waals surface area contributed by atoms with Crippen molar-refractivity contribution < 1.29 is 19.7 Å². The molecule has 0 radical (unpaired) electrons. The number of benzene rings is 4. The van der Waals surface area contributed by atoms with Gasteiger partial charge in [-0.2, -0.15) is 0 Å². The molecule has 0 unspecified atom stereocenters. The van der Waals surface area contributed by atoms with E-state index in [0.717, 1.165) is 44.9 Å². The van der Waals surface area contributed by atoms with Crippen LogP contribution in [-0.2, 0) is 19.3 Å². The van der Waals surface area contributed by atoms with Crippen LogP contribution in [0.5, 0.6) is 23.0 Å². The van der Waals surface area contributed by atoms with E-state index in [-0.39, 0.29) is 11.5 Å². The highest BCUT2D eigenvalue weighted by Crippen LogP contribution is 2.34. The summed E-state index contributed by atoms with van der Waals surface area (Å²) in [6.45, 7) is 8.29. The van der Waals surface area contributed by atoms with Gasteiger partial charge in [-0.3, -0.25) is 0 Å². The number of phenolic OH excluding ortho intramolecular Hbond substituents is 2. The van der Waals surface area contributed by atoms with Crippen molar-refractivity contribution in [3.05, 3.63) is 144 Å². The molecule has 0 spiro atoms. The van der Waals surface area contributed by atoms with E-state index in [0.29, 0.717) is 32.5 Å². The predicted molar refractivity (Wildman–Crippen MR) is 149 cm³/mol. The number of ether oxygens (including phenoxy) is 2. The van der Waals surface area contributed by atoms with E-state index in [1.54, 1.807) is 18.2 Å². The Hall–Kier alpha value is -4.44. The van der Waals surface area contributed by atoms with Crippen molar-refractivity contribution in [3.8, 4) is 23.0 Å². The smallest absolute Gasteiger partial charge is 0.126 e. The van der Waals surface area contributed by atoms with Crippen molar-refractivity contribution in [2.45, 2.75) is 19.3 Å². The molecule has 37 heavy (non-hydrogen) atoms. The molecule has 0 fully saturated rings. The van der Waals surface area contributed by atoms with Crippen LogP contribution >= 0.6 is 0 Å². The summed E-state index contributed by atoms with van der Waals surface area (Å²) in [6.07, 6.45) is 4.99. The first-order chi connectivity index (χ1) is 18.1. The average Bonchev–Trinajstić information content (AvgIpc) is 2.91. The lowest BCUT2D eigenvalue weighted by molar-refractivity contribution is 0.356. The third-order valence-electron chi connectivity index (χ3n) is 6.19. The number of aromatic hydroxyl groups is 2. The Morgan fingerprint density at radius 3 is 1.68 bits per heavy atom. The first-order valence-corrected chi connectivity index (χ1v) is 12.3. The number of hydrogen-bond donors (Lipinski definition) is 2. The van der Waals surface area contributed by atoms with Gasteiger partial charge < -0.3 is 19.7 Å². The molecule has 4 aromatic rings. The Bertz CT molecular complexity index is 1370. The molecule has 0 saturated carbocycles. The van der Waals surface area contributed by atoms with Crippen LogP contribution in [0.25, 0.3) is 0 Å². The lowest BCUT2D eigenvalue weighted by Crippen LogP contribution is -2.04. The summed E-state index contributed by atoms with van der Waals surface area (Å²) in [7, 11) is 0. The molecule has 0 atom stereocenters. The minimum absolute atomic E-state index is 0.255. The van der Waals surface area contributed by atoms with Crippen LogP contribution in [0.4, 0.5) is 0 Å². The van der Waals surface area contributed by atoms with Gasteiger partial charge >= 0.3 is 0 Å². The molecule has 188 valence electrons. The van der Waals surface area contributed by atoms with Gasteiger partial charge in [-0.25, -0.2) is 0 Å². The van der Waals surface area contributed by atoms with Crippen LogP contribution in [-0.4, -0.2) is 23.4 Å². The van der Waals surface area contributed by atoms with Crippen molar-refractivity contribution in [3.63, 3.8) is 0 Å². The van der Waals surface area contributed by atoms with E-state index in [2.05, 4.69) is 13.2 Å². The molecule has 4 rings (SSSR count). The van der Waals surface area contributed by atoms with Gasteiger partial charge in [0.1, 0.15) is 36.2 Å². The zero-order chi connectivity index (χ0) is 26.0. The molecule has 4 nitrogen and oxygen atoms in total. The van der Waals surface area contributed by atoms with Crippen LogP contribution < -0.4 is 9.47 Å². The molecule has 0 bridgehead atoms. The second kappa shape index (κ2) is 12.5. The largest absolute Gasteiger partial charge is 0.508 e. The Morgan fingerprint density at radius 1 is 0.541 bits per heavy atom. The topological polar surface area (TPSA) is 58.9 Å². The monoisotopic (exact) mass is 492 g/mol. The molecule has 0 aliphatic heterocycles. The van der Waals surface area contributed by atoms with Gasteiger partial charge in [-0.05, 0) is 45.5 Å². The van der Waals surface area contributed by atoms with Gasteiger partial charge in [-0.15, -0.1) is 0 Å². The van der Waals surface area contributed by atoms with E-state index < -0.39 is 0 Å². The van der Waals surface area contributed by atoms with Crippen LogP contribution in [0.2, 0.25) is 0 Å². The van der Waals surface area contributed by atoms with E-state index in [9.17, 15) is 10.2 Å². The standard InChI is InChI=1S/C33H32O4/c1-3-19-36-31-18-8-6-12-25(31)22-26-13-9-14-27(32(26)35)23-29-16-10-15-28(33(29)37-20-4-2)21-24-11-5-7-17-30(24)34/h3-18,34-35H,1-2,19-23H2. The lowest BCUT2D eigenvalue weighted by Gasteiger charge is -2.17. The zero-order valence-corrected chi connectivity index (χ0v) is 20.9. The maximum Gasteiger partial charge on any atom is 0.126 e. The Labute approximate surface area is 218 Å². The van der Waals surface area contributed by atoms with E-state index in [1.165, 1.54) is 0 Å². The first-order valence-electron chi connectivity index (χ1n) is 12.3.